The molecule has 1 aromatic heterocycles. The summed E-state index contributed by atoms with van der Waals surface area (Å²) in [4.78, 5) is 28.9. The zero-order valence-corrected chi connectivity index (χ0v) is 19.3. The molecule has 2 aliphatic heterocycles. The molecule has 3 heterocycles. The lowest BCUT2D eigenvalue weighted by Gasteiger charge is -2.38. The number of rotatable bonds is 6. The van der Waals surface area contributed by atoms with Gasteiger partial charge in [0.25, 0.3) is 5.56 Å². The normalized spacial score (nSPS) is 23.4. The van der Waals surface area contributed by atoms with E-state index in [1.54, 1.807) is 11.7 Å². The number of pyridine rings is 1. The summed E-state index contributed by atoms with van der Waals surface area (Å²) < 4.78 is 12.4. The van der Waals surface area contributed by atoms with Crippen molar-refractivity contribution in [3.8, 4) is 16.9 Å². The van der Waals surface area contributed by atoms with Crippen molar-refractivity contribution in [1.29, 1.82) is 0 Å². The second kappa shape index (κ2) is 9.08. The van der Waals surface area contributed by atoms with Crippen LogP contribution in [0.25, 0.3) is 11.1 Å². The number of benzene rings is 2. The van der Waals surface area contributed by atoms with E-state index in [0.29, 0.717) is 24.4 Å². The molecule has 0 saturated carbocycles. The minimum Gasteiger partial charge on any atom is -0.496 e. The summed E-state index contributed by atoms with van der Waals surface area (Å²) in [6, 6.07) is 20.7. The quantitative estimate of drug-likeness (QED) is 0.570. The van der Waals surface area contributed by atoms with Gasteiger partial charge in [-0.15, -0.1) is 0 Å². The number of carbonyl (C=O) groups excluding carboxylic acids is 1. The van der Waals surface area contributed by atoms with E-state index in [1.807, 2.05) is 66.7 Å². The highest BCUT2D eigenvalue weighted by atomic mass is 16.5. The topological polar surface area (TPSA) is 81.0 Å². The second-order valence-corrected chi connectivity index (χ2v) is 8.85. The fourth-order valence-corrected chi connectivity index (χ4v) is 5.71. The number of ether oxygens (including phenoxy) is 2. The summed E-state index contributed by atoms with van der Waals surface area (Å²) in [6.07, 6.45) is 0. The van der Waals surface area contributed by atoms with Gasteiger partial charge in [0, 0.05) is 42.9 Å². The Morgan fingerprint density at radius 2 is 1.74 bits per heavy atom. The molecule has 7 nitrogen and oxygen atoms in total. The molecule has 176 valence electrons. The van der Waals surface area contributed by atoms with Crippen LogP contribution in [-0.4, -0.2) is 47.4 Å². The van der Waals surface area contributed by atoms with E-state index in [9.17, 15) is 14.7 Å². The maximum absolute atomic E-state index is 13.7. The third-order valence-corrected chi connectivity index (χ3v) is 7.25. The van der Waals surface area contributed by atoms with Crippen molar-refractivity contribution in [3.63, 3.8) is 0 Å². The first-order chi connectivity index (χ1) is 16.6. The number of aliphatic hydroxyl groups excluding tert-OH is 1. The maximum atomic E-state index is 13.7. The van der Waals surface area contributed by atoms with Gasteiger partial charge in [0.1, 0.15) is 5.75 Å². The Balaban J connectivity index is 1.64. The molecule has 1 saturated heterocycles. The van der Waals surface area contributed by atoms with Crippen LogP contribution in [0.2, 0.25) is 0 Å². The smallest absolute Gasteiger partial charge is 0.311 e. The Hall–Kier alpha value is -3.42. The Labute approximate surface area is 198 Å². The highest BCUT2D eigenvalue weighted by Gasteiger charge is 2.56. The van der Waals surface area contributed by atoms with Gasteiger partial charge in [-0.05, 0) is 23.8 Å². The van der Waals surface area contributed by atoms with E-state index in [0.717, 1.165) is 16.8 Å². The van der Waals surface area contributed by atoms with Crippen molar-refractivity contribution in [2.75, 3.05) is 20.8 Å². The van der Waals surface area contributed by atoms with Crippen LogP contribution in [-0.2, 0) is 22.6 Å². The molecule has 0 spiro atoms. The van der Waals surface area contributed by atoms with E-state index in [1.165, 1.54) is 7.11 Å². The Morgan fingerprint density at radius 1 is 1.00 bits per heavy atom. The van der Waals surface area contributed by atoms with Gasteiger partial charge in [-0.2, -0.15) is 0 Å². The average molecular weight is 461 g/mol. The summed E-state index contributed by atoms with van der Waals surface area (Å²) in [5.74, 6) is -0.631. The SMILES string of the molecule is COC(=O)[C@@H]1[C@@H](CO)[C@@H]2Cn3c(ccc(-c4ccccc4OC)c3=O)[C@H]1N2Cc1ccccc1. The molecule has 1 fully saturated rings. The van der Waals surface area contributed by atoms with Crippen LogP contribution in [0.4, 0.5) is 0 Å². The molecule has 5 rings (SSSR count). The zero-order valence-electron chi connectivity index (χ0n) is 19.3. The molecule has 34 heavy (non-hydrogen) atoms. The minimum absolute atomic E-state index is 0.126. The molecule has 2 bridgehead atoms. The Bertz CT molecular complexity index is 1260. The number of methoxy groups -OCH3 is 2. The summed E-state index contributed by atoms with van der Waals surface area (Å²) in [7, 11) is 2.96. The van der Waals surface area contributed by atoms with Crippen molar-refractivity contribution < 1.29 is 19.4 Å². The molecule has 2 aromatic carbocycles. The second-order valence-electron chi connectivity index (χ2n) is 8.85. The highest BCUT2D eigenvalue weighted by molar-refractivity contribution is 5.75. The first kappa shape index (κ1) is 22.4. The number of nitrogens with zero attached hydrogens (tertiary/aromatic N) is 2. The fourth-order valence-electron chi connectivity index (χ4n) is 5.71. The van der Waals surface area contributed by atoms with Gasteiger partial charge < -0.3 is 19.1 Å². The van der Waals surface area contributed by atoms with Crippen molar-refractivity contribution in [3.05, 3.63) is 88.3 Å². The maximum Gasteiger partial charge on any atom is 0.311 e. The van der Waals surface area contributed by atoms with Crippen molar-refractivity contribution in [1.82, 2.24) is 9.47 Å². The first-order valence-electron chi connectivity index (χ1n) is 11.4. The van der Waals surface area contributed by atoms with Gasteiger partial charge in [-0.3, -0.25) is 14.5 Å². The number of para-hydroxylation sites is 1. The van der Waals surface area contributed by atoms with E-state index >= 15 is 0 Å². The molecular weight excluding hydrogens is 432 g/mol. The number of hydrogen-bond acceptors (Lipinski definition) is 6. The molecule has 2 aliphatic rings. The summed E-state index contributed by atoms with van der Waals surface area (Å²) >= 11 is 0. The number of aliphatic hydroxyl groups is 1. The fraction of sp³-hybridized carbons (Fsp3) is 0.333. The van der Waals surface area contributed by atoms with Gasteiger partial charge in [-0.25, -0.2) is 0 Å². The third kappa shape index (κ3) is 3.52. The predicted octanol–water partition coefficient (Wildman–Crippen LogP) is 2.86. The van der Waals surface area contributed by atoms with Crippen molar-refractivity contribution in [2.45, 2.75) is 25.2 Å². The standard InChI is InChI=1S/C27H28N2O5/c1-33-23-11-7-6-10-18(23)19-12-13-21-25-24(27(32)34-2)20(16-30)22(15-29(21)26(19)31)28(25)14-17-8-4-3-5-9-17/h3-13,20,22,24-25,30H,14-16H2,1-2H3/t20-,22-,24+,25+/m0/s1. The van der Waals surface area contributed by atoms with Gasteiger partial charge in [0.05, 0.1) is 31.7 Å². The van der Waals surface area contributed by atoms with Crippen LogP contribution in [0.3, 0.4) is 0 Å². The highest BCUT2D eigenvalue weighted by Crippen LogP contribution is 2.49. The molecule has 0 aliphatic carbocycles. The van der Waals surface area contributed by atoms with Crippen LogP contribution >= 0.6 is 0 Å². The van der Waals surface area contributed by atoms with Gasteiger partial charge in [0.2, 0.25) is 0 Å². The van der Waals surface area contributed by atoms with Crippen LogP contribution in [0, 0.1) is 11.8 Å². The summed E-state index contributed by atoms with van der Waals surface area (Å²) in [6.45, 7) is 0.843. The van der Waals surface area contributed by atoms with E-state index < -0.39 is 5.92 Å². The molecule has 3 aromatic rings. The van der Waals surface area contributed by atoms with Crippen molar-refractivity contribution in [2.24, 2.45) is 11.8 Å². The first-order valence-corrected chi connectivity index (χ1v) is 11.4. The third-order valence-electron chi connectivity index (χ3n) is 7.25. The largest absolute Gasteiger partial charge is 0.496 e. The van der Waals surface area contributed by atoms with Gasteiger partial charge >= 0.3 is 5.97 Å². The molecular formula is C27H28N2O5. The van der Waals surface area contributed by atoms with Crippen LogP contribution in [0.15, 0.2) is 71.5 Å². The molecule has 1 N–H and O–H groups in total. The summed E-state index contributed by atoms with van der Waals surface area (Å²) in [5.41, 5.74) is 3.03. The lowest BCUT2D eigenvalue weighted by molar-refractivity contribution is -0.148. The molecule has 0 amide bonds. The minimum atomic E-state index is -0.561. The summed E-state index contributed by atoms with van der Waals surface area (Å²) in [5, 5.41) is 10.3. The number of hydrogen-bond donors (Lipinski definition) is 1. The predicted molar refractivity (Wildman–Crippen MR) is 127 cm³/mol. The van der Waals surface area contributed by atoms with E-state index in [-0.39, 0.29) is 36.1 Å². The Morgan fingerprint density at radius 3 is 2.44 bits per heavy atom. The van der Waals surface area contributed by atoms with Gasteiger partial charge in [0.15, 0.2) is 0 Å². The Kier molecular flexibility index (Phi) is 5.98. The zero-order chi connectivity index (χ0) is 23.8. The number of esters is 1. The molecule has 0 unspecified atom stereocenters. The van der Waals surface area contributed by atoms with E-state index in [4.69, 9.17) is 9.47 Å². The van der Waals surface area contributed by atoms with Crippen molar-refractivity contribution >= 4 is 5.97 Å². The van der Waals surface area contributed by atoms with E-state index in [2.05, 4.69) is 4.90 Å². The van der Waals surface area contributed by atoms with Crippen LogP contribution in [0.5, 0.6) is 5.75 Å². The number of carbonyl (C=O) groups is 1. The molecule has 4 atom stereocenters. The van der Waals surface area contributed by atoms with Crippen LogP contribution in [0.1, 0.15) is 17.3 Å². The lowest BCUT2D eigenvalue weighted by Crippen LogP contribution is -2.46. The van der Waals surface area contributed by atoms with Gasteiger partial charge in [-0.1, -0.05) is 48.5 Å². The lowest BCUT2D eigenvalue weighted by atomic mass is 9.87. The number of fused-ring (bicyclic) bond motifs is 4. The number of aromatic nitrogens is 1. The molecule has 0 radical (unpaired) electrons. The van der Waals surface area contributed by atoms with Crippen LogP contribution < -0.4 is 10.3 Å². The average Bonchev–Trinajstić information content (AvgIpc) is 3.08. The molecule has 7 heteroatoms. The monoisotopic (exact) mass is 460 g/mol.